The lowest BCUT2D eigenvalue weighted by Gasteiger charge is -2.07. The Hall–Kier alpha value is -1.46. The molecule has 100 valence electrons. The first-order valence-corrected chi connectivity index (χ1v) is 5.99. The van der Waals surface area contributed by atoms with Gasteiger partial charge in [-0.3, -0.25) is 10.1 Å². The number of aliphatic hydroxyl groups excluding tert-OH is 1. The summed E-state index contributed by atoms with van der Waals surface area (Å²) in [5.41, 5.74) is 2.92. The smallest absolute Gasteiger partial charge is 0.272 e. The van der Waals surface area contributed by atoms with Gasteiger partial charge in [0.15, 0.2) is 0 Å². The van der Waals surface area contributed by atoms with Gasteiger partial charge < -0.3 is 9.84 Å². The third-order valence-corrected chi connectivity index (χ3v) is 2.86. The van der Waals surface area contributed by atoms with E-state index < -0.39 is 0 Å². The van der Waals surface area contributed by atoms with Crippen molar-refractivity contribution in [2.45, 2.75) is 26.7 Å². The number of hydrogen-bond donors (Lipinski definition) is 1. The van der Waals surface area contributed by atoms with Gasteiger partial charge in [-0.05, 0) is 43.9 Å². The average molecular weight is 253 g/mol. The second-order valence-corrected chi connectivity index (χ2v) is 4.26. The minimum absolute atomic E-state index is 0.00376. The topological polar surface area (TPSA) is 72.6 Å². The van der Waals surface area contributed by atoms with Gasteiger partial charge in [0.05, 0.1) is 18.1 Å². The molecule has 1 aromatic rings. The SMILES string of the molecule is Cc1cc(CCCOCCO)c([N+](=O)[O-])cc1C. The Kier molecular flexibility index (Phi) is 5.74. The van der Waals surface area contributed by atoms with Gasteiger partial charge in [-0.2, -0.15) is 0 Å². The van der Waals surface area contributed by atoms with Crippen molar-refractivity contribution in [3.05, 3.63) is 38.9 Å². The van der Waals surface area contributed by atoms with Crippen LogP contribution in [0, 0.1) is 24.0 Å². The van der Waals surface area contributed by atoms with E-state index >= 15 is 0 Å². The summed E-state index contributed by atoms with van der Waals surface area (Å²) in [6.45, 7) is 4.64. The molecular weight excluding hydrogens is 234 g/mol. The Morgan fingerprint density at radius 2 is 1.94 bits per heavy atom. The van der Waals surface area contributed by atoms with Crippen LogP contribution in [0.4, 0.5) is 5.69 Å². The monoisotopic (exact) mass is 253 g/mol. The Balaban J connectivity index is 2.68. The molecule has 0 amide bonds. The van der Waals surface area contributed by atoms with Crippen molar-refractivity contribution in [2.75, 3.05) is 19.8 Å². The molecule has 0 atom stereocenters. The normalized spacial score (nSPS) is 10.6. The molecule has 0 spiro atoms. The molecule has 0 saturated heterocycles. The standard InChI is InChI=1S/C13H19NO4/c1-10-8-12(4-3-6-18-7-5-15)13(14(16)17)9-11(10)2/h8-9,15H,3-7H2,1-2H3. The van der Waals surface area contributed by atoms with Crippen LogP contribution in [0.15, 0.2) is 12.1 Å². The van der Waals surface area contributed by atoms with Gasteiger partial charge in [0.25, 0.3) is 5.69 Å². The van der Waals surface area contributed by atoms with Gasteiger partial charge in [0.1, 0.15) is 0 Å². The fourth-order valence-electron chi connectivity index (χ4n) is 1.76. The van der Waals surface area contributed by atoms with Crippen LogP contribution in [-0.2, 0) is 11.2 Å². The number of benzene rings is 1. The molecule has 1 rings (SSSR count). The van der Waals surface area contributed by atoms with Gasteiger partial charge in [0, 0.05) is 18.2 Å². The van der Waals surface area contributed by atoms with E-state index in [1.54, 1.807) is 6.07 Å². The summed E-state index contributed by atoms with van der Waals surface area (Å²) in [5.74, 6) is 0. The molecule has 0 saturated carbocycles. The Bertz CT molecular complexity index is 418. The molecule has 0 aliphatic heterocycles. The minimum atomic E-state index is -0.337. The van der Waals surface area contributed by atoms with Crippen molar-refractivity contribution in [1.29, 1.82) is 0 Å². The fourth-order valence-corrected chi connectivity index (χ4v) is 1.76. The summed E-state index contributed by atoms with van der Waals surface area (Å²) in [5, 5.41) is 19.5. The van der Waals surface area contributed by atoms with Crippen molar-refractivity contribution < 1.29 is 14.8 Å². The van der Waals surface area contributed by atoms with Crippen molar-refractivity contribution >= 4 is 5.69 Å². The van der Waals surface area contributed by atoms with Gasteiger partial charge in [-0.1, -0.05) is 0 Å². The Morgan fingerprint density at radius 3 is 2.56 bits per heavy atom. The third kappa shape index (κ3) is 4.09. The predicted octanol–water partition coefficient (Wildman–Crippen LogP) is 2.15. The molecule has 0 bridgehead atoms. The zero-order valence-electron chi connectivity index (χ0n) is 10.8. The molecule has 0 aliphatic rings. The highest BCUT2D eigenvalue weighted by Gasteiger charge is 2.14. The minimum Gasteiger partial charge on any atom is -0.394 e. The summed E-state index contributed by atoms with van der Waals surface area (Å²) in [6, 6.07) is 3.50. The maximum Gasteiger partial charge on any atom is 0.272 e. The molecule has 0 unspecified atom stereocenters. The lowest BCUT2D eigenvalue weighted by atomic mass is 10.0. The second kappa shape index (κ2) is 7.08. The summed E-state index contributed by atoms with van der Waals surface area (Å²) in [4.78, 5) is 10.6. The van der Waals surface area contributed by atoms with E-state index in [1.165, 1.54) is 0 Å². The predicted molar refractivity (Wildman–Crippen MR) is 68.8 cm³/mol. The van der Waals surface area contributed by atoms with E-state index in [0.29, 0.717) is 26.1 Å². The van der Waals surface area contributed by atoms with Crippen molar-refractivity contribution in [3.63, 3.8) is 0 Å². The highest BCUT2D eigenvalue weighted by Crippen LogP contribution is 2.24. The second-order valence-electron chi connectivity index (χ2n) is 4.26. The van der Waals surface area contributed by atoms with Crippen molar-refractivity contribution in [2.24, 2.45) is 0 Å². The first-order valence-electron chi connectivity index (χ1n) is 5.99. The summed E-state index contributed by atoms with van der Waals surface area (Å²) in [6.07, 6.45) is 1.33. The molecule has 1 N–H and O–H groups in total. The van der Waals surface area contributed by atoms with Crippen LogP contribution in [0.2, 0.25) is 0 Å². The summed E-state index contributed by atoms with van der Waals surface area (Å²) >= 11 is 0. The zero-order chi connectivity index (χ0) is 13.5. The molecule has 0 aromatic heterocycles. The van der Waals surface area contributed by atoms with Crippen molar-refractivity contribution in [1.82, 2.24) is 0 Å². The van der Waals surface area contributed by atoms with E-state index in [1.807, 2.05) is 19.9 Å². The van der Waals surface area contributed by atoms with E-state index in [-0.39, 0.29) is 17.2 Å². The molecule has 0 aliphatic carbocycles. The molecule has 0 radical (unpaired) electrons. The molecule has 18 heavy (non-hydrogen) atoms. The summed E-state index contributed by atoms with van der Waals surface area (Å²) < 4.78 is 5.14. The number of aliphatic hydroxyl groups is 1. The molecular formula is C13H19NO4. The molecule has 0 heterocycles. The Labute approximate surface area is 107 Å². The summed E-state index contributed by atoms with van der Waals surface area (Å²) in [7, 11) is 0. The van der Waals surface area contributed by atoms with Gasteiger partial charge in [-0.15, -0.1) is 0 Å². The van der Waals surface area contributed by atoms with Gasteiger partial charge >= 0.3 is 0 Å². The first kappa shape index (κ1) is 14.6. The number of nitrogens with zero attached hydrogens (tertiary/aromatic N) is 1. The van der Waals surface area contributed by atoms with Crippen molar-refractivity contribution in [3.8, 4) is 0 Å². The number of aryl methyl sites for hydroxylation is 3. The molecule has 0 fully saturated rings. The highest BCUT2D eigenvalue weighted by molar-refractivity contribution is 5.46. The van der Waals surface area contributed by atoms with Crippen LogP contribution in [0.25, 0.3) is 0 Å². The van der Waals surface area contributed by atoms with Crippen LogP contribution < -0.4 is 0 Å². The van der Waals surface area contributed by atoms with E-state index in [2.05, 4.69) is 0 Å². The van der Waals surface area contributed by atoms with E-state index in [4.69, 9.17) is 9.84 Å². The maximum atomic E-state index is 11.0. The lowest BCUT2D eigenvalue weighted by Crippen LogP contribution is -2.03. The molecule has 1 aromatic carbocycles. The number of ether oxygens (including phenoxy) is 1. The number of rotatable bonds is 7. The molecule has 5 nitrogen and oxygen atoms in total. The Morgan fingerprint density at radius 1 is 1.28 bits per heavy atom. The van der Waals surface area contributed by atoms with Crippen LogP contribution in [0.1, 0.15) is 23.1 Å². The third-order valence-electron chi connectivity index (χ3n) is 2.86. The molecule has 5 heteroatoms. The first-order chi connectivity index (χ1) is 8.56. The van der Waals surface area contributed by atoms with Crippen LogP contribution in [-0.4, -0.2) is 29.9 Å². The van der Waals surface area contributed by atoms with E-state index in [9.17, 15) is 10.1 Å². The number of hydrogen-bond acceptors (Lipinski definition) is 4. The lowest BCUT2D eigenvalue weighted by molar-refractivity contribution is -0.385. The number of nitro groups is 1. The average Bonchev–Trinajstić information content (AvgIpc) is 2.32. The van der Waals surface area contributed by atoms with Crippen LogP contribution >= 0.6 is 0 Å². The highest BCUT2D eigenvalue weighted by atomic mass is 16.6. The van der Waals surface area contributed by atoms with Gasteiger partial charge in [0.2, 0.25) is 0 Å². The van der Waals surface area contributed by atoms with Crippen LogP contribution in [0.3, 0.4) is 0 Å². The van der Waals surface area contributed by atoms with Gasteiger partial charge in [-0.25, -0.2) is 0 Å². The quantitative estimate of drug-likeness (QED) is 0.459. The van der Waals surface area contributed by atoms with E-state index in [0.717, 1.165) is 16.7 Å². The number of nitro benzene ring substituents is 1. The maximum absolute atomic E-state index is 11.0. The zero-order valence-corrected chi connectivity index (χ0v) is 10.8. The largest absolute Gasteiger partial charge is 0.394 e. The van der Waals surface area contributed by atoms with Crippen LogP contribution in [0.5, 0.6) is 0 Å². The fraction of sp³-hybridized carbons (Fsp3) is 0.538.